The van der Waals surface area contributed by atoms with E-state index in [0.29, 0.717) is 21.7 Å². The first-order valence-electron chi connectivity index (χ1n) is 8.00. The first kappa shape index (κ1) is 16.6. The Morgan fingerprint density at radius 2 is 0.923 bits per heavy atom. The Morgan fingerprint density at radius 3 is 1.35 bits per heavy atom. The third-order valence-electron chi connectivity index (χ3n) is 3.82. The van der Waals surface area contributed by atoms with Crippen molar-refractivity contribution in [3.05, 3.63) is 82.8 Å². The third-order valence-corrected chi connectivity index (χ3v) is 4.48. The van der Waals surface area contributed by atoms with Crippen LogP contribution in [0.4, 0.5) is 23.0 Å². The fraction of sp³-hybridized carbons (Fsp3) is 0. The van der Waals surface area contributed by atoms with Gasteiger partial charge < -0.3 is 10.6 Å². The van der Waals surface area contributed by atoms with Crippen molar-refractivity contribution in [2.24, 2.45) is 0 Å². The monoisotopic (exact) mass is 380 g/mol. The van der Waals surface area contributed by atoms with Crippen LogP contribution in [0.25, 0.3) is 11.0 Å². The maximum atomic E-state index is 6.28. The number of aromatic nitrogens is 2. The van der Waals surface area contributed by atoms with Crippen LogP contribution in [-0.2, 0) is 0 Å². The van der Waals surface area contributed by atoms with Crippen LogP contribution in [0.15, 0.2) is 72.8 Å². The topological polar surface area (TPSA) is 49.8 Å². The molecule has 3 aromatic carbocycles. The summed E-state index contributed by atoms with van der Waals surface area (Å²) >= 11 is 12.6. The molecule has 0 spiro atoms. The fourth-order valence-corrected chi connectivity index (χ4v) is 2.92. The van der Waals surface area contributed by atoms with Gasteiger partial charge in [0.15, 0.2) is 11.6 Å². The lowest BCUT2D eigenvalue weighted by atomic mass is 10.3. The van der Waals surface area contributed by atoms with Gasteiger partial charge in [-0.05, 0) is 36.4 Å². The van der Waals surface area contributed by atoms with E-state index in [1.165, 1.54) is 0 Å². The smallest absolute Gasteiger partial charge is 0.174 e. The van der Waals surface area contributed by atoms with Crippen molar-refractivity contribution in [3.8, 4) is 0 Å². The predicted octanol–water partition coefficient (Wildman–Crippen LogP) is 6.42. The molecule has 26 heavy (non-hydrogen) atoms. The zero-order valence-electron chi connectivity index (χ0n) is 13.6. The average Bonchev–Trinajstić information content (AvgIpc) is 2.66. The molecule has 0 bridgehead atoms. The van der Waals surface area contributed by atoms with Crippen molar-refractivity contribution in [2.75, 3.05) is 10.6 Å². The molecule has 0 atom stereocenters. The molecule has 4 rings (SSSR count). The van der Waals surface area contributed by atoms with Crippen LogP contribution >= 0.6 is 23.2 Å². The summed E-state index contributed by atoms with van der Waals surface area (Å²) in [5, 5.41) is 7.73. The Balaban J connectivity index is 1.81. The third kappa shape index (κ3) is 3.43. The summed E-state index contributed by atoms with van der Waals surface area (Å²) in [5.41, 5.74) is 3.07. The van der Waals surface area contributed by atoms with E-state index in [-0.39, 0.29) is 0 Å². The number of fused-ring (bicyclic) bond motifs is 1. The molecule has 0 saturated carbocycles. The Morgan fingerprint density at radius 1 is 0.538 bits per heavy atom. The molecule has 0 aliphatic carbocycles. The van der Waals surface area contributed by atoms with E-state index in [4.69, 9.17) is 33.2 Å². The minimum absolute atomic E-state index is 0.566. The Bertz CT molecular complexity index is 996. The summed E-state index contributed by atoms with van der Waals surface area (Å²) in [5.74, 6) is 1.13. The Kier molecular flexibility index (Phi) is 4.61. The molecule has 0 aliphatic rings. The van der Waals surface area contributed by atoms with Gasteiger partial charge in [0.25, 0.3) is 0 Å². The minimum atomic E-state index is 0.566. The molecule has 1 heterocycles. The van der Waals surface area contributed by atoms with Crippen LogP contribution < -0.4 is 10.6 Å². The van der Waals surface area contributed by atoms with Crippen LogP contribution in [0.1, 0.15) is 0 Å². The van der Waals surface area contributed by atoms with Gasteiger partial charge in [0.2, 0.25) is 0 Å². The summed E-state index contributed by atoms with van der Waals surface area (Å²) in [6, 6.07) is 22.7. The number of anilines is 4. The van der Waals surface area contributed by atoms with E-state index in [9.17, 15) is 0 Å². The normalized spacial score (nSPS) is 10.7. The van der Waals surface area contributed by atoms with E-state index in [1.54, 1.807) is 0 Å². The number of hydrogen-bond donors (Lipinski definition) is 2. The van der Waals surface area contributed by atoms with Gasteiger partial charge in [-0.2, -0.15) is 0 Å². The molecular formula is C20H14Cl2N4. The minimum Gasteiger partial charge on any atom is -0.336 e. The summed E-state index contributed by atoms with van der Waals surface area (Å²) in [6.45, 7) is 0. The highest BCUT2D eigenvalue weighted by atomic mass is 35.5. The van der Waals surface area contributed by atoms with Crippen LogP contribution in [0, 0.1) is 0 Å². The standard InChI is InChI=1S/C20H14Cl2N4/c21-13-7-1-3-9-15(13)23-19-20(24-16-10-4-2-8-14(16)22)26-18-12-6-5-11-17(18)25-19/h1-12H,(H,23,25)(H,24,26). The largest absolute Gasteiger partial charge is 0.336 e. The van der Waals surface area contributed by atoms with Crippen LogP contribution in [-0.4, -0.2) is 9.97 Å². The van der Waals surface area contributed by atoms with Gasteiger partial charge in [0.1, 0.15) is 0 Å². The van der Waals surface area contributed by atoms with Gasteiger partial charge in [0.05, 0.1) is 32.5 Å². The molecule has 0 amide bonds. The Hall–Kier alpha value is -2.82. The van der Waals surface area contributed by atoms with Gasteiger partial charge in [-0.25, -0.2) is 9.97 Å². The summed E-state index contributed by atoms with van der Waals surface area (Å²) in [6.07, 6.45) is 0. The highest BCUT2D eigenvalue weighted by Gasteiger charge is 2.12. The lowest BCUT2D eigenvalue weighted by Crippen LogP contribution is -2.03. The lowest BCUT2D eigenvalue weighted by molar-refractivity contribution is 1.27. The zero-order valence-corrected chi connectivity index (χ0v) is 15.1. The van der Waals surface area contributed by atoms with Crippen LogP contribution in [0.2, 0.25) is 10.0 Å². The van der Waals surface area contributed by atoms with Gasteiger partial charge in [-0.3, -0.25) is 0 Å². The number of nitrogens with one attached hydrogen (secondary N) is 2. The Labute approximate surface area is 160 Å². The number of benzene rings is 3. The second kappa shape index (κ2) is 7.20. The molecule has 0 unspecified atom stereocenters. The molecule has 1 aromatic heterocycles. The van der Waals surface area contributed by atoms with Crippen molar-refractivity contribution in [3.63, 3.8) is 0 Å². The zero-order chi connectivity index (χ0) is 17.9. The van der Waals surface area contributed by atoms with Gasteiger partial charge in [0, 0.05) is 0 Å². The van der Waals surface area contributed by atoms with Crippen molar-refractivity contribution in [2.45, 2.75) is 0 Å². The van der Waals surface area contributed by atoms with Crippen LogP contribution in [0.3, 0.4) is 0 Å². The van der Waals surface area contributed by atoms with E-state index >= 15 is 0 Å². The SMILES string of the molecule is Clc1ccccc1Nc1nc2ccccc2nc1Nc1ccccc1Cl. The average molecular weight is 381 g/mol. The van der Waals surface area contributed by atoms with Gasteiger partial charge in [-0.15, -0.1) is 0 Å². The lowest BCUT2D eigenvalue weighted by Gasteiger charge is -2.15. The number of rotatable bonds is 4. The number of halogens is 2. The highest BCUT2D eigenvalue weighted by molar-refractivity contribution is 6.33. The number of hydrogen-bond acceptors (Lipinski definition) is 4. The molecule has 2 N–H and O–H groups in total. The molecule has 0 aliphatic heterocycles. The fourth-order valence-electron chi connectivity index (χ4n) is 2.55. The van der Waals surface area contributed by atoms with E-state index in [2.05, 4.69) is 10.6 Å². The number of nitrogens with zero attached hydrogens (tertiary/aromatic N) is 2. The van der Waals surface area contributed by atoms with E-state index in [1.807, 2.05) is 72.8 Å². The summed E-state index contributed by atoms with van der Waals surface area (Å²) in [4.78, 5) is 9.40. The molecular weight excluding hydrogens is 367 g/mol. The van der Waals surface area contributed by atoms with Crippen molar-refractivity contribution in [1.29, 1.82) is 0 Å². The predicted molar refractivity (Wildman–Crippen MR) is 109 cm³/mol. The van der Waals surface area contributed by atoms with E-state index < -0.39 is 0 Å². The molecule has 0 saturated heterocycles. The summed E-state index contributed by atoms with van der Waals surface area (Å²) < 4.78 is 0. The first-order chi connectivity index (χ1) is 12.7. The first-order valence-corrected chi connectivity index (χ1v) is 8.76. The molecule has 4 nitrogen and oxygen atoms in total. The van der Waals surface area contributed by atoms with E-state index in [0.717, 1.165) is 22.4 Å². The molecule has 0 radical (unpaired) electrons. The van der Waals surface area contributed by atoms with Crippen molar-refractivity contribution >= 4 is 57.2 Å². The van der Waals surface area contributed by atoms with Gasteiger partial charge in [-0.1, -0.05) is 59.6 Å². The highest BCUT2D eigenvalue weighted by Crippen LogP contribution is 2.32. The molecule has 4 aromatic rings. The maximum Gasteiger partial charge on any atom is 0.174 e. The number of para-hydroxylation sites is 4. The molecule has 128 valence electrons. The summed E-state index contributed by atoms with van der Waals surface area (Å²) in [7, 11) is 0. The maximum absolute atomic E-state index is 6.28. The molecule has 6 heteroatoms. The van der Waals surface area contributed by atoms with Crippen LogP contribution in [0.5, 0.6) is 0 Å². The van der Waals surface area contributed by atoms with Crippen molar-refractivity contribution < 1.29 is 0 Å². The van der Waals surface area contributed by atoms with Crippen molar-refractivity contribution in [1.82, 2.24) is 9.97 Å². The molecule has 0 fully saturated rings. The quantitative estimate of drug-likeness (QED) is 0.428. The second-order valence-electron chi connectivity index (χ2n) is 5.62. The second-order valence-corrected chi connectivity index (χ2v) is 6.43. The van der Waals surface area contributed by atoms with Gasteiger partial charge >= 0.3 is 0 Å².